The Hall–Kier alpha value is -2.81. The molecule has 0 saturated carbocycles. The number of aromatic nitrogens is 1. The van der Waals surface area contributed by atoms with Crippen molar-refractivity contribution < 1.29 is 9.90 Å². The zero-order valence-electron chi connectivity index (χ0n) is 11.4. The molecule has 0 spiro atoms. The van der Waals surface area contributed by atoms with E-state index in [4.69, 9.17) is 5.11 Å². The lowest BCUT2D eigenvalue weighted by Gasteiger charge is -2.08. The van der Waals surface area contributed by atoms with Crippen LogP contribution in [0.5, 0.6) is 0 Å². The quantitative estimate of drug-likeness (QED) is 0.734. The van der Waals surface area contributed by atoms with Gasteiger partial charge in [0, 0.05) is 29.2 Å². The number of allylic oxidation sites excluding steroid dienone is 1. The van der Waals surface area contributed by atoms with E-state index >= 15 is 0 Å². The molecule has 0 atom stereocenters. The van der Waals surface area contributed by atoms with Gasteiger partial charge in [-0.25, -0.2) is 4.79 Å². The summed E-state index contributed by atoms with van der Waals surface area (Å²) in [5.74, 6) is -0.923. The van der Waals surface area contributed by atoms with Gasteiger partial charge in [-0.3, -0.25) is 0 Å². The van der Waals surface area contributed by atoms with Crippen LogP contribution in [0.2, 0.25) is 0 Å². The number of hydrogen-bond acceptors (Lipinski definition) is 1. The maximum Gasteiger partial charge on any atom is 0.328 e. The van der Waals surface area contributed by atoms with Crippen molar-refractivity contribution in [3.8, 4) is 11.3 Å². The monoisotopic (exact) mass is 277 g/mol. The van der Waals surface area contributed by atoms with Gasteiger partial charge in [0.2, 0.25) is 0 Å². The number of aliphatic carboxylic acids is 1. The maximum absolute atomic E-state index is 10.7. The van der Waals surface area contributed by atoms with E-state index in [1.54, 1.807) is 6.08 Å². The average molecular weight is 277 g/mol. The van der Waals surface area contributed by atoms with E-state index in [1.807, 2.05) is 30.3 Å². The molecule has 3 heteroatoms. The zero-order chi connectivity index (χ0) is 14.7. The summed E-state index contributed by atoms with van der Waals surface area (Å²) in [6.07, 6.45) is 2.85. The third-order valence-electron chi connectivity index (χ3n) is 3.43. The van der Waals surface area contributed by atoms with Gasteiger partial charge in [0.25, 0.3) is 0 Å². The predicted octanol–water partition coefficient (Wildman–Crippen LogP) is 3.95. The molecule has 3 rings (SSSR count). The van der Waals surface area contributed by atoms with Crippen LogP contribution in [0.15, 0.2) is 72.8 Å². The molecular weight excluding hydrogens is 262 g/mol. The Balaban J connectivity index is 2.12. The summed E-state index contributed by atoms with van der Waals surface area (Å²) in [4.78, 5) is 10.7. The molecule has 0 fully saturated rings. The van der Waals surface area contributed by atoms with Gasteiger partial charge >= 0.3 is 5.97 Å². The number of carbonyl (C=O) groups is 1. The number of rotatable bonds is 4. The Morgan fingerprint density at radius 3 is 2.52 bits per heavy atom. The molecule has 0 radical (unpaired) electrons. The molecule has 0 aliphatic carbocycles. The molecule has 3 aromatic rings. The number of fused-ring (bicyclic) bond motifs is 1. The first-order valence-electron chi connectivity index (χ1n) is 6.79. The van der Waals surface area contributed by atoms with Crippen LogP contribution in [-0.2, 0) is 11.3 Å². The van der Waals surface area contributed by atoms with Gasteiger partial charge in [-0.2, -0.15) is 0 Å². The zero-order valence-corrected chi connectivity index (χ0v) is 11.4. The molecule has 0 amide bonds. The highest BCUT2D eigenvalue weighted by Gasteiger charge is 2.08. The highest BCUT2D eigenvalue weighted by Crippen LogP contribution is 2.28. The highest BCUT2D eigenvalue weighted by molar-refractivity contribution is 5.87. The van der Waals surface area contributed by atoms with Crippen molar-refractivity contribution >= 4 is 16.9 Å². The van der Waals surface area contributed by atoms with Crippen LogP contribution in [0, 0.1) is 0 Å². The van der Waals surface area contributed by atoms with Gasteiger partial charge in [-0.15, -0.1) is 0 Å². The van der Waals surface area contributed by atoms with Crippen molar-refractivity contribution in [1.29, 1.82) is 0 Å². The SMILES string of the molecule is O=C(O)C=CCn1c(-c2ccccc2)cc2ccccc21. The number of nitrogens with zero attached hydrogens (tertiary/aromatic N) is 1. The maximum atomic E-state index is 10.7. The molecule has 0 aliphatic heterocycles. The van der Waals surface area contributed by atoms with Gasteiger partial charge in [0.15, 0.2) is 0 Å². The van der Waals surface area contributed by atoms with Gasteiger partial charge in [-0.05, 0) is 17.7 Å². The Bertz CT molecular complexity index is 800. The van der Waals surface area contributed by atoms with Crippen molar-refractivity contribution in [1.82, 2.24) is 4.57 Å². The van der Waals surface area contributed by atoms with Crippen LogP contribution in [0.4, 0.5) is 0 Å². The highest BCUT2D eigenvalue weighted by atomic mass is 16.4. The number of hydrogen-bond donors (Lipinski definition) is 1. The Morgan fingerprint density at radius 2 is 1.76 bits per heavy atom. The van der Waals surface area contributed by atoms with E-state index in [-0.39, 0.29) is 0 Å². The fourth-order valence-corrected chi connectivity index (χ4v) is 2.51. The second kappa shape index (κ2) is 5.67. The van der Waals surface area contributed by atoms with Crippen molar-refractivity contribution in [3.63, 3.8) is 0 Å². The van der Waals surface area contributed by atoms with Gasteiger partial charge in [-0.1, -0.05) is 54.6 Å². The van der Waals surface area contributed by atoms with Gasteiger partial charge in [0.1, 0.15) is 0 Å². The molecular formula is C18H15NO2. The summed E-state index contributed by atoms with van der Waals surface area (Å²) in [5.41, 5.74) is 3.32. The lowest BCUT2D eigenvalue weighted by atomic mass is 10.1. The summed E-state index contributed by atoms with van der Waals surface area (Å²) in [6, 6.07) is 20.4. The largest absolute Gasteiger partial charge is 0.478 e. The number of carboxylic acids is 1. The van der Waals surface area contributed by atoms with Crippen molar-refractivity contribution in [2.45, 2.75) is 6.54 Å². The first-order valence-corrected chi connectivity index (χ1v) is 6.79. The third-order valence-corrected chi connectivity index (χ3v) is 3.43. The Morgan fingerprint density at radius 1 is 1.05 bits per heavy atom. The summed E-state index contributed by atoms with van der Waals surface area (Å²) in [5, 5.41) is 9.90. The molecule has 1 heterocycles. The first-order chi connectivity index (χ1) is 10.3. The van der Waals surface area contributed by atoms with E-state index < -0.39 is 5.97 Å². The van der Waals surface area contributed by atoms with Crippen molar-refractivity contribution in [3.05, 3.63) is 72.8 Å². The van der Waals surface area contributed by atoms with E-state index in [0.717, 1.165) is 22.2 Å². The molecule has 104 valence electrons. The second-order valence-electron chi connectivity index (χ2n) is 4.81. The van der Waals surface area contributed by atoms with Crippen molar-refractivity contribution in [2.75, 3.05) is 0 Å². The molecule has 1 aromatic heterocycles. The van der Waals surface area contributed by atoms with Crippen LogP contribution in [0.1, 0.15) is 0 Å². The van der Waals surface area contributed by atoms with E-state index in [9.17, 15) is 4.79 Å². The third kappa shape index (κ3) is 2.72. The molecule has 0 unspecified atom stereocenters. The molecule has 3 nitrogen and oxygen atoms in total. The topological polar surface area (TPSA) is 42.2 Å². The smallest absolute Gasteiger partial charge is 0.328 e. The lowest BCUT2D eigenvalue weighted by molar-refractivity contribution is -0.131. The molecule has 21 heavy (non-hydrogen) atoms. The minimum atomic E-state index is -0.923. The summed E-state index contributed by atoms with van der Waals surface area (Å²) >= 11 is 0. The lowest BCUT2D eigenvalue weighted by Crippen LogP contribution is -1.98. The number of para-hydroxylation sites is 1. The first kappa shape index (κ1) is 13.2. The average Bonchev–Trinajstić information content (AvgIpc) is 2.87. The van der Waals surface area contributed by atoms with Crippen LogP contribution in [-0.4, -0.2) is 15.6 Å². The van der Waals surface area contributed by atoms with Gasteiger partial charge in [0.05, 0.1) is 0 Å². The second-order valence-corrected chi connectivity index (χ2v) is 4.81. The molecule has 0 saturated heterocycles. The molecule has 0 aliphatic rings. The minimum Gasteiger partial charge on any atom is -0.478 e. The van der Waals surface area contributed by atoms with Crippen LogP contribution in [0.25, 0.3) is 22.2 Å². The van der Waals surface area contributed by atoms with E-state index in [2.05, 4.69) is 34.9 Å². The molecule has 0 bridgehead atoms. The normalized spacial score (nSPS) is 11.2. The van der Waals surface area contributed by atoms with E-state index in [1.165, 1.54) is 6.08 Å². The van der Waals surface area contributed by atoms with Crippen LogP contribution < -0.4 is 0 Å². The number of benzene rings is 2. The van der Waals surface area contributed by atoms with Crippen LogP contribution >= 0.6 is 0 Å². The fourth-order valence-electron chi connectivity index (χ4n) is 2.51. The summed E-state index contributed by atoms with van der Waals surface area (Å²) in [7, 11) is 0. The Labute approximate surface area is 122 Å². The summed E-state index contributed by atoms with van der Waals surface area (Å²) in [6.45, 7) is 0.532. The number of carboxylic acid groups (broad SMARTS) is 1. The van der Waals surface area contributed by atoms with Gasteiger partial charge < -0.3 is 9.67 Å². The van der Waals surface area contributed by atoms with Crippen LogP contribution in [0.3, 0.4) is 0 Å². The standard InChI is InChI=1S/C18H15NO2/c20-18(21)11-6-12-19-16-10-5-4-9-15(16)13-17(19)14-7-2-1-3-8-14/h1-11,13H,12H2,(H,20,21). The molecule has 1 N–H and O–H groups in total. The predicted molar refractivity (Wildman–Crippen MR) is 84.1 cm³/mol. The van der Waals surface area contributed by atoms with Crippen molar-refractivity contribution in [2.24, 2.45) is 0 Å². The minimum absolute atomic E-state index is 0.532. The fraction of sp³-hybridized carbons (Fsp3) is 0.0556. The summed E-state index contributed by atoms with van der Waals surface area (Å²) < 4.78 is 2.13. The van der Waals surface area contributed by atoms with E-state index in [0.29, 0.717) is 6.54 Å². The Kier molecular flexibility index (Phi) is 3.56. The molecule has 2 aromatic carbocycles.